The Morgan fingerprint density at radius 1 is 1.39 bits per heavy atom. The van der Waals surface area contributed by atoms with E-state index in [1.54, 1.807) is 0 Å². The Morgan fingerprint density at radius 3 is 2.72 bits per heavy atom. The summed E-state index contributed by atoms with van der Waals surface area (Å²) >= 11 is 0. The lowest BCUT2D eigenvalue weighted by atomic mass is 9.94. The van der Waals surface area contributed by atoms with Crippen molar-refractivity contribution in [1.29, 1.82) is 0 Å². The van der Waals surface area contributed by atoms with Gasteiger partial charge in [0.15, 0.2) is 5.82 Å². The van der Waals surface area contributed by atoms with E-state index in [2.05, 4.69) is 10.1 Å². The number of nitrogens with zero attached hydrogens (tertiary/aromatic N) is 3. The molecule has 1 aromatic rings. The molecule has 1 N–H and O–H groups in total. The molecule has 0 spiro atoms. The van der Waals surface area contributed by atoms with Gasteiger partial charge in [-0.2, -0.15) is 4.98 Å². The van der Waals surface area contributed by atoms with Gasteiger partial charge in [-0.25, -0.2) is 0 Å². The quantitative estimate of drug-likeness (QED) is 0.831. The molecule has 18 heavy (non-hydrogen) atoms. The van der Waals surface area contributed by atoms with Crippen LogP contribution in [0.25, 0.3) is 0 Å². The lowest BCUT2D eigenvalue weighted by Gasteiger charge is -2.35. The molecule has 2 rings (SSSR count). The molecule has 6 nitrogen and oxygen atoms in total. The number of ether oxygens (including phenoxy) is 1. The molecule has 1 aliphatic heterocycles. The molecule has 0 atom stereocenters. The van der Waals surface area contributed by atoms with Crippen molar-refractivity contribution in [3.63, 3.8) is 0 Å². The van der Waals surface area contributed by atoms with Crippen LogP contribution in [0.1, 0.15) is 31.5 Å². The zero-order valence-electron chi connectivity index (χ0n) is 11.1. The minimum Gasteiger partial charge on any atom is -0.388 e. The minimum atomic E-state index is -0.652. The molecule has 1 aliphatic rings. The van der Waals surface area contributed by atoms with Crippen LogP contribution >= 0.6 is 0 Å². The van der Waals surface area contributed by atoms with Crippen LogP contribution in [0.5, 0.6) is 0 Å². The highest BCUT2D eigenvalue weighted by molar-refractivity contribution is 4.88. The fourth-order valence-electron chi connectivity index (χ4n) is 2.20. The molecular formula is C12H21N3O3. The van der Waals surface area contributed by atoms with Crippen LogP contribution in [0, 0.1) is 0 Å². The third-order valence-corrected chi connectivity index (χ3v) is 3.22. The van der Waals surface area contributed by atoms with Gasteiger partial charge in [0, 0.05) is 39.0 Å². The molecule has 0 aliphatic carbocycles. The Kier molecular flexibility index (Phi) is 4.31. The third-order valence-electron chi connectivity index (χ3n) is 3.22. The maximum Gasteiger partial charge on any atom is 0.240 e. The van der Waals surface area contributed by atoms with Crippen LogP contribution in [-0.4, -0.2) is 52.6 Å². The largest absolute Gasteiger partial charge is 0.388 e. The number of aryl methyl sites for hydroxylation is 1. The Bertz CT molecular complexity index is 374. The molecule has 0 aromatic carbocycles. The molecule has 6 heteroatoms. The van der Waals surface area contributed by atoms with Crippen molar-refractivity contribution in [3.8, 4) is 0 Å². The van der Waals surface area contributed by atoms with Crippen LogP contribution in [0.4, 0.5) is 0 Å². The van der Waals surface area contributed by atoms with Gasteiger partial charge in [0.1, 0.15) is 0 Å². The molecule has 2 heterocycles. The van der Waals surface area contributed by atoms with Gasteiger partial charge < -0.3 is 14.4 Å². The van der Waals surface area contributed by atoms with Crippen molar-refractivity contribution in [2.75, 3.05) is 26.8 Å². The average molecular weight is 255 g/mol. The Morgan fingerprint density at radius 2 is 2.11 bits per heavy atom. The molecule has 1 aromatic heterocycles. The van der Waals surface area contributed by atoms with Gasteiger partial charge in [-0.1, -0.05) is 12.1 Å². The van der Waals surface area contributed by atoms with E-state index >= 15 is 0 Å². The van der Waals surface area contributed by atoms with Crippen molar-refractivity contribution < 1.29 is 14.4 Å². The van der Waals surface area contributed by atoms with Crippen LogP contribution in [0.3, 0.4) is 0 Å². The van der Waals surface area contributed by atoms with Crippen LogP contribution in [-0.2, 0) is 17.7 Å². The predicted molar refractivity (Wildman–Crippen MR) is 65.0 cm³/mol. The van der Waals surface area contributed by atoms with Gasteiger partial charge in [0.05, 0.1) is 12.1 Å². The topological polar surface area (TPSA) is 71.6 Å². The molecule has 1 fully saturated rings. The highest BCUT2D eigenvalue weighted by atomic mass is 16.5. The summed E-state index contributed by atoms with van der Waals surface area (Å²) in [6.45, 7) is 4.41. The van der Waals surface area contributed by atoms with Gasteiger partial charge in [-0.05, 0) is 7.05 Å². The van der Waals surface area contributed by atoms with E-state index in [-0.39, 0.29) is 0 Å². The summed E-state index contributed by atoms with van der Waals surface area (Å²) < 4.78 is 10.4. The first-order valence-electron chi connectivity index (χ1n) is 6.41. The summed E-state index contributed by atoms with van der Waals surface area (Å²) in [4.78, 5) is 6.27. The number of hydrogen-bond acceptors (Lipinski definition) is 6. The number of aromatic nitrogens is 2. The summed E-state index contributed by atoms with van der Waals surface area (Å²) in [6.07, 6.45) is 2.14. The lowest BCUT2D eigenvalue weighted by Crippen LogP contribution is -2.45. The SMILES string of the molecule is CCc1noc(CN(C)CC2(O)CCOCC2)n1. The molecule has 0 unspecified atom stereocenters. The van der Waals surface area contributed by atoms with Gasteiger partial charge in [-0.3, -0.25) is 4.90 Å². The van der Waals surface area contributed by atoms with E-state index in [1.807, 2.05) is 18.9 Å². The fraction of sp³-hybridized carbons (Fsp3) is 0.833. The van der Waals surface area contributed by atoms with Gasteiger partial charge >= 0.3 is 0 Å². The van der Waals surface area contributed by atoms with Gasteiger partial charge in [0.2, 0.25) is 5.89 Å². The van der Waals surface area contributed by atoms with Crippen LogP contribution in [0.15, 0.2) is 4.52 Å². The van der Waals surface area contributed by atoms with Crippen LogP contribution in [0.2, 0.25) is 0 Å². The number of aliphatic hydroxyl groups is 1. The highest BCUT2D eigenvalue weighted by Gasteiger charge is 2.31. The number of hydrogen-bond donors (Lipinski definition) is 1. The maximum atomic E-state index is 10.4. The molecule has 1 saturated heterocycles. The summed E-state index contributed by atoms with van der Waals surface area (Å²) in [7, 11) is 1.95. The summed E-state index contributed by atoms with van der Waals surface area (Å²) in [5.41, 5.74) is -0.652. The Labute approximate surface area is 107 Å². The van der Waals surface area contributed by atoms with Crippen molar-refractivity contribution in [2.24, 2.45) is 0 Å². The maximum absolute atomic E-state index is 10.4. The summed E-state index contributed by atoms with van der Waals surface area (Å²) in [6, 6.07) is 0. The minimum absolute atomic E-state index is 0.566. The number of rotatable bonds is 5. The average Bonchev–Trinajstić information content (AvgIpc) is 2.76. The van der Waals surface area contributed by atoms with E-state index in [0.717, 1.165) is 12.2 Å². The van der Waals surface area contributed by atoms with E-state index in [1.165, 1.54) is 0 Å². The highest BCUT2D eigenvalue weighted by Crippen LogP contribution is 2.21. The summed E-state index contributed by atoms with van der Waals surface area (Å²) in [5.74, 6) is 1.33. The first kappa shape index (κ1) is 13.5. The smallest absolute Gasteiger partial charge is 0.240 e. The lowest BCUT2D eigenvalue weighted by molar-refractivity contribution is -0.0784. The molecule has 102 valence electrons. The zero-order chi connectivity index (χ0) is 13.0. The predicted octanol–water partition coefficient (Wildman–Crippen LogP) is 0.605. The van der Waals surface area contributed by atoms with E-state index < -0.39 is 5.60 Å². The Balaban J connectivity index is 1.85. The van der Waals surface area contributed by atoms with E-state index in [4.69, 9.17) is 9.26 Å². The fourth-order valence-corrected chi connectivity index (χ4v) is 2.20. The van der Waals surface area contributed by atoms with Crippen molar-refractivity contribution in [2.45, 2.75) is 38.3 Å². The molecule has 0 amide bonds. The van der Waals surface area contributed by atoms with Crippen molar-refractivity contribution >= 4 is 0 Å². The number of likely N-dealkylation sites (N-methyl/N-ethyl adjacent to an activating group) is 1. The summed E-state index contributed by atoms with van der Waals surface area (Å²) in [5, 5.41) is 14.2. The second kappa shape index (κ2) is 5.77. The van der Waals surface area contributed by atoms with E-state index in [0.29, 0.717) is 45.0 Å². The Hall–Kier alpha value is -0.980. The first-order valence-corrected chi connectivity index (χ1v) is 6.41. The monoisotopic (exact) mass is 255 g/mol. The zero-order valence-corrected chi connectivity index (χ0v) is 11.1. The second-order valence-corrected chi connectivity index (χ2v) is 4.97. The van der Waals surface area contributed by atoms with Crippen LogP contribution < -0.4 is 0 Å². The molecule has 0 bridgehead atoms. The second-order valence-electron chi connectivity index (χ2n) is 4.97. The molecule has 0 radical (unpaired) electrons. The molecular weight excluding hydrogens is 234 g/mol. The van der Waals surface area contributed by atoms with Gasteiger partial charge in [0.25, 0.3) is 0 Å². The van der Waals surface area contributed by atoms with Crippen molar-refractivity contribution in [3.05, 3.63) is 11.7 Å². The van der Waals surface area contributed by atoms with Gasteiger partial charge in [-0.15, -0.1) is 0 Å². The third kappa shape index (κ3) is 3.51. The van der Waals surface area contributed by atoms with E-state index in [9.17, 15) is 5.11 Å². The molecule has 0 saturated carbocycles. The normalized spacial score (nSPS) is 19.3. The van der Waals surface area contributed by atoms with Crippen molar-refractivity contribution in [1.82, 2.24) is 15.0 Å². The first-order chi connectivity index (χ1) is 8.61. The standard InChI is InChI=1S/C12H21N3O3/c1-3-10-13-11(18-14-10)8-15(2)9-12(16)4-6-17-7-5-12/h16H,3-9H2,1-2H3.